The van der Waals surface area contributed by atoms with Crippen molar-refractivity contribution in [3.63, 3.8) is 0 Å². The standard InChI is InChI=1S/C19H29N5OS/c1-4-16-15(17(5-2)25-23-16)12-22-19(20-3)21-8-10-24-9-6-18-14(13-24)7-11-26-18/h7,11H,4-6,8-10,12-13H2,1-3H3,(H2,20,21,22). The molecule has 26 heavy (non-hydrogen) atoms. The van der Waals surface area contributed by atoms with Crippen LogP contribution in [0.4, 0.5) is 0 Å². The van der Waals surface area contributed by atoms with Crippen LogP contribution in [0.2, 0.25) is 0 Å². The largest absolute Gasteiger partial charge is 0.361 e. The van der Waals surface area contributed by atoms with Crippen LogP contribution in [0.3, 0.4) is 0 Å². The third kappa shape index (κ3) is 4.45. The molecule has 2 aromatic heterocycles. The molecule has 7 heteroatoms. The summed E-state index contributed by atoms with van der Waals surface area (Å²) < 4.78 is 5.43. The zero-order valence-corrected chi connectivity index (χ0v) is 16.8. The van der Waals surface area contributed by atoms with Gasteiger partial charge in [0.1, 0.15) is 5.76 Å². The van der Waals surface area contributed by atoms with Gasteiger partial charge < -0.3 is 15.2 Å². The highest BCUT2D eigenvalue weighted by molar-refractivity contribution is 7.10. The van der Waals surface area contributed by atoms with Crippen LogP contribution in [0.25, 0.3) is 0 Å². The number of nitrogens with zero attached hydrogens (tertiary/aromatic N) is 3. The van der Waals surface area contributed by atoms with E-state index in [1.807, 2.05) is 18.4 Å². The molecule has 0 aliphatic carbocycles. The Morgan fingerprint density at radius 3 is 3.00 bits per heavy atom. The Labute approximate surface area is 159 Å². The van der Waals surface area contributed by atoms with E-state index < -0.39 is 0 Å². The van der Waals surface area contributed by atoms with Crippen LogP contribution in [0.5, 0.6) is 0 Å². The third-order valence-corrected chi connectivity index (χ3v) is 5.89. The van der Waals surface area contributed by atoms with E-state index in [9.17, 15) is 0 Å². The van der Waals surface area contributed by atoms with E-state index in [0.717, 1.165) is 56.4 Å². The molecule has 0 bridgehead atoms. The van der Waals surface area contributed by atoms with Crippen molar-refractivity contribution in [1.82, 2.24) is 20.7 Å². The summed E-state index contributed by atoms with van der Waals surface area (Å²) in [5.74, 6) is 1.79. The number of aliphatic imine (C=N–C) groups is 1. The average molecular weight is 376 g/mol. The van der Waals surface area contributed by atoms with E-state index in [1.54, 1.807) is 4.88 Å². The van der Waals surface area contributed by atoms with Gasteiger partial charge in [-0.05, 0) is 29.9 Å². The summed E-state index contributed by atoms with van der Waals surface area (Å²) in [5.41, 5.74) is 3.69. The number of thiophene rings is 1. The fourth-order valence-electron chi connectivity index (χ4n) is 3.36. The molecule has 0 radical (unpaired) electrons. The van der Waals surface area contributed by atoms with E-state index >= 15 is 0 Å². The van der Waals surface area contributed by atoms with Crippen molar-refractivity contribution in [2.24, 2.45) is 4.99 Å². The summed E-state index contributed by atoms with van der Waals surface area (Å²) in [6.45, 7) is 8.99. The highest BCUT2D eigenvalue weighted by Gasteiger charge is 2.17. The van der Waals surface area contributed by atoms with Crippen molar-refractivity contribution in [3.8, 4) is 0 Å². The van der Waals surface area contributed by atoms with Crippen molar-refractivity contribution in [1.29, 1.82) is 0 Å². The first-order chi connectivity index (χ1) is 12.7. The molecule has 0 aromatic carbocycles. The van der Waals surface area contributed by atoms with Gasteiger partial charge in [0.05, 0.1) is 5.69 Å². The molecular weight excluding hydrogens is 346 g/mol. The van der Waals surface area contributed by atoms with Crippen LogP contribution in [0, 0.1) is 0 Å². The Kier molecular flexibility index (Phi) is 6.68. The van der Waals surface area contributed by atoms with Crippen molar-refractivity contribution >= 4 is 17.3 Å². The monoisotopic (exact) mass is 375 g/mol. The SMILES string of the molecule is CCc1noc(CC)c1CNC(=NC)NCCN1CCc2sccc2C1. The Morgan fingerprint density at radius 1 is 1.35 bits per heavy atom. The van der Waals surface area contributed by atoms with Gasteiger partial charge in [0.15, 0.2) is 5.96 Å². The Balaban J connectivity index is 1.45. The summed E-state index contributed by atoms with van der Waals surface area (Å²) in [5, 5.41) is 13.2. The zero-order valence-electron chi connectivity index (χ0n) is 16.0. The molecule has 2 aromatic rings. The maximum absolute atomic E-state index is 5.43. The van der Waals surface area contributed by atoms with E-state index in [4.69, 9.17) is 4.52 Å². The van der Waals surface area contributed by atoms with Crippen LogP contribution < -0.4 is 10.6 Å². The number of nitrogens with one attached hydrogen (secondary N) is 2. The third-order valence-electron chi connectivity index (χ3n) is 4.87. The van der Waals surface area contributed by atoms with E-state index in [-0.39, 0.29) is 0 Å². The van der Waals surface area contributed by atoms with E-state index in [2.05, 4.69) is 51.0 Å². The molecule has 3 rings (SSSR count). The molecule has 0 saturated heterocycles. The number of guanidine groups is 1. The first-order valence-electron chi connectivity index (χ1n) is 9.43. The molecule has 3 heterocycles. The smallest absolute Gasteiger partial charge is 0.191 e. The van der Waals surface area contributed by atoms with Gasteiger partial charge in [-0.1, -0.05) is 19.0 Å². The predicted octanol–water partition coefficient (Wildman–Crippen LogP) is 2.58. The molecule has 142 valence electrons. The lowest BCUT2D eigenvalue weighted by Gasteiger charge is -2.27. The van der Waals surface area contributed by atoms with Gasteiger partial charge in [-0.2, -0.15) is 0 Å². The first-order valence-corrected chi connectivity index (χ1v) is 10.3. The summed E-state index contributed by atoms with van der Waals surface area (Å²) in [7, 11) is 1.81. The van der Waals surface area contributed by atoms with E-state index in [0.29, 0.717) is 6.54 Å². The second kappa shape index (κ2) is 9.19. The molecular formula is C19H29N5OS. The Morgan fingerprint density at radius 2 is 2.23 bits per heavy atom. The maximum Gasteiger partial charge on any atom is 0.191 e. The number of hydrogen-bond acceptors (Lipinski definition) is 5. The van der Waals surface area contributed by atoms with Crippen LogP contribution in [0.1, 0.15) is 41.3 Å². The van der Waals surface area contributed by atoms with Crippen LogP contribution in [-0.2, 0) is 32.4 Å². The quantitative estimate of drug-likeness (QED) is 0.575. The normalized spacial score (nSPS) is 15.1. The lowest BCUT2D eigenvalue weighted by atomic mass is 10.1. The minimum atomic E-state index is 0.692. The van der Waals surface area contributed by atoms with Gasteiger partial charge in [0, 0.05) is 56.6 Å². The molecule has 1 aliphatic heterocycles. The lowest BCUT2D eigenvalue weighted by molar-refractivity contribution is 0.260. The van der Waals surface area contributed by atoms with Crippen LogP contribution in [-0.4, -0.2) is 42.7 Å². The van der Waals surface area contributed by atoms with Crippen molar-refractivity contribution in [2.45, 2.75) is 46.2 Å². The summed E-state index contributed by atoms with van der Waals surface area (Å²) in [6.07, 6.45) is 2.91. The molecule has 0 unspecified atom stereocenters. The summed E-state index contributed by atoms with van der Waals surface area (Å²) >= 11 is 1.89. The number of fused-ring (bicyclic) bond motifs is 1. The topological polar surface area (TPSA) is 65.7 Å². The van der Waals surface area contributed by atoms with Gasteiger partial charge in [-0.25, -0.2) is 0 Å². The summed E-state index contributed by atoms with van der Waals surface area (Å²) in [6, 6.07) is 2.26. The van der Waals surface area contributed by atoms with Crippen molar-refractivity contribution in [3.05, 3.63) is 38.9 Å². The number of aryl methyl sites for hydroxylation is 2. The van der Waals surface area contributed by atoms with Gasteiger partial charge in [0.25, 0.3) is 0 Å². The van der Waals surface area contributed by atoms with Crippen molar-refractivity contribution < 1.29 is 4.52 Å². The van der Waals surface area contributed by atoms with Gasteiger partial charge >= 0.3 is 0 Å². The molecule has 0 atom stereocenters. The molecule has 0 spiro atoms. The Bertz CT molecular complexity index is 715. The maximum atomic E-state index is 5.43. The minimum Gasteiger partial charge on any atom is -0.361 e. The molecule has 2 N–H and O–H groups in total. The predicted molar refractivity (Wildman–Crippen MR) is 107 cm³/mol. The molecule has 0 saturated carbocycles. The average Bonchev–Trinajstić information content (AvgIpc) is 3.29. The molecule has 1 aliphatic rings. The van der Waals surface area contributed by atoms with Gasteiger partial charge in [-0.3, -0.25) is 9.89 Å². The number of rotatable bonds is 7. The summed E-state index contributed by atoms with van der Waals surface area (Å²) in [4.78, 5) is 8.39. The number of aromatic nitrogens is 1. The van der Waals surface area contributed by atoms with Gasteiger partial charge in [0.2, 0.25) is 0 Å². The molecule has 0 fully saturated rings. The highest BCUT2D eigenvalue weighted by Crippen LogP contribution is 2.23. The van der Waals surface area contributed by atoms with Crippen molar-refractivity contribution in [2.75, 3.05) is 26.7 Å². The van der Waals surface area contributed by atoms with Crippen LogP contribution >= 0.6 is 11.3 Å². The lowest BCUT2D eigenvalue weighted by Crippen LogP contribution is -2.42. The van der Waals surface area contributed by atoms with Gasteiger partial charge in [-0.15, -0.1) is 11.3 Å². The highest BCUT2D eigenvalue weighted by atomic mass is 32.1. The zero-order chi connectivity index (χ0) is 18.4. The minimum absolute atomic E-state index is 0.692. The fraction of sp³-hybridized carbons (Fsp3) is 0.579. The number of hydrogen-bond donors (Lipinski definition) is 2. The van der Waals surface area contributed by atoms with Crippen LogP contribution in [0.15, 0.2) is 21.0 Å². The second-order valence-corrected chi connectivity index (χ2v) is 7.49. The molecule has 0 amide bonds. The first kappa shape index (κ1) is 18.9. The molecule has 6 nitrogen and oxygen atoms in total. The second-order valence-electron chi connectivity index (χ2n) is 6.49. The Hall–Kier alpha value is -1.86. The fourth-order valence-corrected chi connectivity index (χ4v) is 4.25. The van der Waals surface area contributed by atoms with E-state index in [1.165, 1.54) is 17.5 Å².